The fraction of sp³-hybridized carbons (Fsp3) is 0.909. The first-order valence-corrected chi connectivity index (χ1v) is 6.07. The Morgan fingerprint density at radius 3 is 2.47 bits per heavy atom. The number of nitrogens with zero attached hydrogens (tertiary/aromatic N) is 1. The molecule has 0 aliphatic carbocycles. The van der Waals surface area contributed by atoms with Gasteiger partial charge in [-0.2, -0.15) is 0 Å². The number of morpholine rings is 1. The molecule has 0 N–H and O–H groups in total. The molecule has 1 heterocycles. The van der Waals surface area contributed by atoms with Gasteiger partial charge in [-0.15, -0.1) is 0 Å². The Labute approximate surface area is 100 Å². The lowest BCUT2D eigenvalue weighted by Crippen LogP contribution is -2.56. The summed E-state index contributed by atoms with van der Waals surface area (Å²) < 4.78 is 5.27. The summed E-state index contributed by atoms with van der Waals surface area (Å²) in [6.45, 7) is 11.1. The van der Waals surface area contributed by atoms with Crippen molar-refractivity contribution in [1.82, 2.24) is 4.90 Å². The lowest BCUT2D eigenvalue weighted by molar-refractivity contribution is -0.159. The highest BCUT2D eigenvalue weighted by atomic mass is 79.9. The molecular weight excluding hydrogens is 258 g/mol. The van der Waals surface area contributed by atoms with Crippen LogP contribution in [0.1, 0.15) is 34.6 Å². The molecule has 1 aliphatic heterocycles. The first-order valence-electron chi connectivity index (χ1n) is 5.28. The molecule has 15 heavy (non-hydrogen) atoms. The minimum absolute atomic E-state index is 0.104. The van der Waals surface area contributed by atoms with E-state index in [9.17, 15) is 4.79 Å². The largest absolute Gasteiger partial charge is 0.369 e. The van der Waals surface area contributed by atoms with E-state index in [2.05, 4.69) is 15.9 Å². The van der Waals surface area contributed by atoms with Crippen molar-refractivity contribution < 1.29 is 9.53 Å². The maximum Gasteiger partial charge on any atom is 0.239 e. The first-order chi connectivity index (χ1) is 6.62. The molecule has 4 heteroatoms. The van der Waals surface area contributed by atoms with Gasteiger partial charge in [-0.05, 0) is 34.6 Å². The van der Waals surface area contributed by atoms with Crippen molar-refractivity contribution in [2.75, 3.05) is 13.1 Å². The second-order valence-electron chi connectivity index (χ2n) is 5.35. The predicted octanol–water partition coefficient (Wildman–Crippen LogP) is 2.19. The second kappa shape index (κ2) is 4.06. The van der Waals surface area contributed by atoms with E-state index in [-0.39, 0.29) is 17.6 Å². The van der Waals surface area contributed by atoms with E-state index >= 15 is 0 Å². The topological polar surface area (TPSA) is 29.5 Å². The molecule has 0 spiro atoms. The Hall–Kier alpha value is -0.0900. The average Bonchev–Trinajstić information content (AvgIpc) is 1.97. The van der Waals surface area contributed by atoms with Gasteiger partial charge in [-0.1, -0.05) is 15.9 Å². The number of amides is 1. The first kappa shape index (κ1) is 13.0. The molecule has 0 bridgehead atoms. The van der Waals surface area contributed by atoms with Crippen LogP contribution in [0.15, 0.2) is 0 Å². The van der Waals surface area contributed by atoms with E-state index in [1.165, 1.54) is 0 Å². The molecule has 1 atom stereocenters. The maximum absolute atomic E-state index is 12.1. The van der Waals surface area contributed by atoms with Crippen molar-refractivity contribution in [3.63, 3.8) is 0 Å². The van der Waals surface area contributed by atoms with Gasteiger partial charge in [-0.25, -0.2) is 0 Å². The zero-order valence-corrected chi connectivity index (χ0v) is 11.7. The van der Waals surface area contributed by atoms with Gasteiger partial charge >= 0.3 is 0 Å². The summed E-state index contributed by atoms with van der Waals surface area (Å²) in [5, 5.41) is 0. The monoisotopic (exact) mass is 277 g/mol. The van der Waals surface area contributed by atoms with Crippen molar-refractivity contribution >= 4 is 21.8 Å². The SMILES string of the molecule is CC1CN(C(=O)C(C)(C)Br)CC(C)(C)O1. The molecule has 1 unspecified atom stereocenters. The van der Waals surface area contributed by atoms with Crippen molar-refractivity contribution in [1.29, 1.82) is 0 Å². The normalized spacial score (nSPS) is 26.5. The summed E-state index contributed by atoms with van der Waals surface area (Å²) in [4.78, 5) is 14.0. The molecule has 0 radical (unpaired) electrons. The van der Waals surface area contributed by atoms with Crippen LogP contribution in [0.2, 0.25) is 0 Å². The lowest BCUT2D eigenvalue weighted by atomic mass is 10.0. The van der Waals surface area contributed by atoms with E-state index in [0.717, 1.165) is 0 Å². The molecule has 1 rings (SSSR count). The van der Waals surface area contributed by atoms with Gasteiger partial charge in [0, 0.05) is 13.1 Å². The minimum Gasteiger partial charge on any atom is -0.369 e. The Kier molecular flexibility index (Phi) is 3.51. The Bertz CT molecular complexity index is 258. The molecule has 0 aromatic carbocycles. The zero-order valence-electron chi connectivity index (χ0n) is 10.1. The highest BCUT2D eigenvalue weighted by molar-refractivity contribution is 9.10. The fourth-order valence-electron chi connectivity index (χ4n) is 1.98. The Balaban J connectivity index is 2.75. The summed E-state index contributed by atoms with van der Waals surface area (Å²) in [5.74, 6) is 0.130. The third kappa shape index (κ3) is 3.45. The van der Waals surface area contributed by atoms with Gasteiger partial charge < -0.3 is 9.64 Å². The van der Waals surface area contributed by atoms with Crippen molar-refractivity contribution in [2.45, 2.75) is 50.6 Å². The molecule has 0 aromatic heterocycles. The number of halogens is 1. The van der Waals surface area contributed by atoms with Gasteiger partial charge in [0.1, 0.15) is 0 Å². The summed E-state index contributed by atoms with van der Waals surface area (Å²) in [5.41, 5.74) is -0.244. The number of hydrogen-bond donors (Lipinski definition) is 0. The van der Waals surface area contributed by atoms with E-state index in [0.29, 0.717) is 13.1 Å². The molecule has 1 aliphatic rings. The van der Waals surface area contributed by atoms with Crippen molar-refractivity contribution in [3.05, 3.63) is 0 Å². The van der Waals surface area contributed by atoms with Crippen LogP contribution in [-0.2, 0) is 9.53 Å². The molecule has 0 saturated carbocycles. The third-order valence-electron chi connectivity index (χ3n) is 2.37. The van der Waals surface area contributed by atoms with E-state index in [1.54, 1.807) is 0 Å². The van der Waals surface area contributed by atoms with E-state index < -0.39 is 4.32 Å². The molecule has 1 fully saturated rings. The number of rotatable bonds is 1. The van der Waals surface area contributed by atoms with Crippen LogP contribution in [0.4, 0.5) is 0 Å². The van der Waals surface area contributed by atoms with Gasteiger partial charge in [0.2, 0.25) is 5.91 Å². The molecule has 1 saturated heterocycles. The number of hydrogen-bond acceptors (Lipinski definition) is 2. The van der Waals surface area contributed by atoms with Crippen LogP contribution in [-0.4, -0.2) is 39.9 Å². The molecule has 0 aromatic rings. The predicted molar refractivity (Wildman–Crippen MR) is 64.2 cm³/mol. The molecule has 88 valence electrons. The van der Waals surface area contributed by atoms with Gasteiger partial charge in [0.05, 0.1) is 16.0 Å². The van der Waals surface area contributed by atoms with Crippen LogP contribution in [0.25, 0.3) is 0 Å². The van der Waals surface area contributed by atoms with Gasteiger partial charge in [-0.3, -0.25) is 4.79 Å². The van der Waals surface area contributed by atoms with E-state index in [1.807, 2.05) is 39.5 Å². The van der Waals surface area contributed by atoms with Gasteiger partial charge in [0.25, 0.3) is 0 Å². The maximum atomic E-state index is 12.1. The van der Waals surface area contributed by atoms with Gasteiger partial charge in [0.15, 0.2) is 0 Å². The standard InChI is InChI=1S/C11H20BrNO2/c1-8-6-13(7-10(2,3)15-8)9(14)11(4,5)12/h8H,6-7H2,1-5H3. The lowest BCUT2D eigenvalue weighted by Gasteiger charge is -2.43. The summed E-state index contributed by atoms with van der Waals surface area (Å²) >= 11 is 3.40. The van der Waals surface area contributed by atoms with E-state index in [4.69, 9.17) is 4.74 Å². The number of carbonyl (C=O) groups excluding carboxylic acids is 1. The Morgan fingerprint density at radius 1 is 1.53 bits per heavy atom. The molecule has 1 amide bonds. The highest BCUT2D eigenvalue weighted by Gasteiger charge is 2.38. The zero-order chi connectivity index (χ0) is 11.9. The van der Waals surface area contributed by atoms with Crippen LogP contribution in [0.3, 0.4) is 0 Å². The average molecular weight is 278 g/mol. The molecular formula is C11H20BrNO2. The number of carbonyl (C=O) groups is 1. The van der Waals surface area contributed by atoms with Crippen LogP contribution >= 0.6 is 15.9 Å². The molecule has 3 nitrogen and oxygen atoms in total. The quantitative estimate of drug-likeness (QED) is 0.688. The summed E-state index contributed by atoms with van der Waals surface area (Å²) in [6, 6.07) is 0. The minimum atomic E-state index is -0.486. The number of alkyl halides is 1. The third-order valence-corrected chi connectivity index (χ3v) is 2.70. The van der Waals surface area contributed by atoms with Crippen LogP contribution < -0.4 is 0 Å². The highest BCUT2D eigenvalue weighted by Crippen LogP contribution is 2.26. The Morgan fingerprint density at radius 2 is 2.07 bits per heavy atom. The smallest absolute Gasteiger partial charge is 0.239 e. The summed E-state index contributed by atoms with van der Waals surface area (Å²) in [6.07, 6.45) is 0.104. The number of ether oxygens (including phenoxy) is 1. The van der Waals surface area contributed by atoms with Crippen LogP contribution in [0.5, 0.6) is 0 Å². The second-order valence-corrected chi connectivity index (χ2v) is 7.33. The van der Waals surface area contributed by atoms with Crippen molar-refractivity contribution in [2.24, 2.45) is 0 Å². The van der Waals surface area contributed by atoms with Crippen LogP contribution in [0, 0.1) is 0 Å². The van der Waals surface area contributed by atoms with Crippen molar-refractivity contribution in [3.8, 4) is 0 Å². The fourth-order valence-corrected chi connectivity index (χ4v) is 2.24. The summed E-state index contributed by atoms with van der Waals surface area (Å²) in [7, 11) is 0.